The number of carbonyl (C=O) groups is 3. The van der Waals surface area contributed by atoms with E-state index in [0.29, 0.717) is 0 Å². The highest BCUT2D eigenvalue weighted by Crippen LogP contribution is 2.31. The number of ketones is 1. The molecule has 2 rings (SSSR count). The molecule has 0 aromatic heterocycles. The molecule has 0 heterocycles. The molecule has 0 aliphatic carbocycles. The van der Waals surface area contributed by atoms with Gasteiger partial charge in [-0.3, -0.25) is 9.59 Å². The lowest BCUT2D eigenvalue weighted by molar-refractivity contribution is -0.104. The fourth-order valence-electron chi connectivity index (χ4n) is 2.01. The van der Waals surface area contributed by atoms with E-state index in [1.165, 1.54) is 6.92 Å². The van der Waals surface area contributed by atoms with E-state index in [-0.39, 0.29) is 24.2 Å². The molecule has 0 spiro atoms. The Kier molecular flexibility index (Phi) is 5.88. The Morgan fingerprint density at radius 1 is 0.963 bits per heavy atom. The van der Waals surface area contributed by atoms with Gasteiger partial charge in [-0.2, -0.15) is 8.78 Å². The monoisotopic (exact) mass is 388 g/mol. The van der Waals surface area contributed by atoms with Crippen LogP contribution in [0.3, 0.4) is 0 Å². The number of rotatable bonds is 6. The number of esters is 1. The molecule has 0 radical (unpaired) electrons. The largest absolute Gasteiger partial charge is 0.493 e. The van der Waals surface area contributed by atoms with E-state index in [2.05, 4.69) is 4.74 Å². The summed E-state index contributed by atoms with van der Waals surface area (Å²) < 4.78 is 76.2. The maximum absolute atomic E-state index is 13.7. The quantitative estimate of drug-likeness (QED) is 0.111. The Morgan fingerprint density at radius 3 is 2.04 bits per heavy atom. The van der Waals surface area contributed by atoms with Crippen LogP contribution >= 0.6 is 0 Å². The van der Waals surface area contributed by atoms with Gasteiger partial charge in [-0.1, -0.05) is 0 Å². The van der Waals surface area contributed by atoms with E-state index < -0.39 is 52.2 Å². The summed E-state index contributed by atoms with van der Waals surface area (Å²) >= 11 is 0. The van der Waals surface area contributed by atoms with Crippen molar-refractivity contribution in [3.8, 4) is 11.5 Å². The van der Waals surface area contributed by atoms with Gasteiger partial charge in [0.25, 0.3) is 0 Å². The molecule has 142 valence electrons. The summed E-state index contributed by atoms with van der Waals surface area (Å²) in [6.45, 7) is 1.56. The Balaban J connectivity index is 2.52. The molecule has 0 N–H and O–H groups in total. The fraction of sp³-hybridized carbons (Fsp3) is 0.118. The highest BCUT2D eigenvalue weighted by Gasteiger charge is 2.29. The highest BCUT2D eigenvalue weighted by atomic mass is 19.2. The lowest BCUT2D eigenvalue weighted by atomic mass is 10.1. The number of benzene rings is 2. The van der Waals surface area contributed by atoms with Gasteiger partial charge < -0.3 is 9.47 Å². The Labute approximate surface area is 148 Å². The van der Waals surface area contributed by atoms with Gasteiger partial charge in [0.1, 0.15) is 11.3 Å². The maximum atomic E-state index is 13.7. The van der Waals surface area contributed by atoms with Gasteiger partial charge in [0.15, 0.2) is 6.29 Å². The van der Waals surface area contributed by atoms with Crippen molar-refractivity contribution in [3.63, 3.8) is 0 Å². The van der Waals surface area contributed by atoms with Crippen LogP contribution in [0.2, 0.25) is 0 Å². The summed E-state index contributed by atoms with van der Waals surface area (Å²) in [6, 6.07) is 3.07. The molecule has 5 nitrogen and oxygen atoms in total. The number of hydrogen-bond acceptors (Lipinski definition) is 5. The number of carbonyl (C=O) groups excluding carboxylic acids is 3. The summed E-state index contributed by atoms with van der Waals surface area (Å²) in [7, 11) is 0. The smallest absolute Gasteiger partial charge is 0.347 e. The first kappa shape index (κ1) is 20.0. The second-order valence-corrected chi connectivity index (χ2v) is 4.91. The van der Waals surface area contributed by atoms with Gasteiger partial charge in [-0.25, -0.2) is 18.0 Å². The minimum absolute atomic E-state index is 0.0315. The molecule has 27 heavy (non-hydrogen) atoms. The second kappa shape index (κ2) is 7.94. The first-order chi connectivity index (χ1) is 12.7. The van der Waals surface area contributed by atoms with E-state index in [1.807, 2.05) is 0 Å². The molecule has 10 heteroatoms. The predicted octanol–water partition coefficient (Wildman–Crippen LogP) is 3.38. The molecular weight excluding hydrogens is 379 g/mol. The van der Waals surface area contributed by atoms with Gasteiger partial charge in [0, 0.05) is 5.56 Å². The Morgan fingerprint density at radius 2 is 1.52 bits per heavy atom. The number of Topliss-reactive ketones (excluding diaryl/α,β-unsaturated/α-hetero) is 1. The summed E-state index contributed by atoms with van der Waals surface area (Å²) in [6.07, 6.45) is -0.0468. The van der Waals surface area contributed by atoms with Crippen molar-refractivity contribution in [1.82, 2.24) is 0 Å². The zero-order chi connectivity index (χ0) is 20.3. The number of ether oxygens (including phenoxy) is 2. The van der Waals surface area contributed by atoms with Crippen LogP contribution in [0.5, 0.6) is 11.5 Å². The number of aldehydes is 1. The number of halogens is 5. The van der Waals surface area contributed by atoms with Crippen LogP contribution in [0, 0.1) is 29.1 Å². The molecule has 0 unspecified atom stereocenters. The maximum Gasteiger partial charge on any atom is 0.347 e. The average molecular weight is 388 g/mol. The minimum atomic E-state index is -2.42. The van der Waals surface area contributed by atoms with E-state index in [4.69, 9.17) is 4.74 Å². The third kappa shape index (κ3) is 3.78. The van der Waals surface area contributed by atoms with Crippen molar-refractivity contribution >= 4 is 18.0 Å². The summed E-state index contributed by atoms with van der Waals surface area (Å²) in [5.74, 6) is -16.3. The standard InChI is InChI=1S/C17H9F5O5/c1-2-26-10-4-3-7(9(24)6-23)5-8(10)17(25)27-16-14(21)12(19)11(18)13(20)15(16)22/h3-6H,2H2,1H3. The topological polar surface area (TPSA) is 69.7 Å². The molecule has 2 aromatic carbocycles. The van der Waals surface area contributed by atoms with Crippen LogP contribution in [-0.4, -0.2) is 24.6 Å². The van der Waals surface area contributed by atoms with Gasteiger partial charge in [0.2, 0.25) is 40.6 Å². The van der Waals surface area contributed by atoms with Crippen molar-refractivity contribution in [2.75, 3.05) is 6.61 Å². The third-order valence-corrected chi connectivity index (χ3v) is 3.26. The normalized spacial score (nSPS) is 10.4. The Hall–Kier alpha value is -3.30. The zero-order valence-corrected chi connectivity index (χ0v) is 13.4. The van der Waals surface area contributed by atoms with Gasteiger partial charge in [-0.05, 0) is 25.1 Å². The van der Waals surface area contributed by atoms with Crippen LogP contribution in [0.4, 0.5) is 22.0 Å². The molecule has 2 aromatic rings. The molecule has 0 bridgehead atoms. The first-order valence-electron chi connectivity index (χ1n) is 7.22. The minimum Gasteiger partial charge on any atom is -0.493 e. The predicted molar refractivity (Wildman–Crippen MR) is 79.2 cm³/mol. The average Bonchev–Trinajstić information content (AvgIpc) is 2.67. The van der Waals surface area contributed by atoms with E-state index in [0.717, 1.165) is 18.2 Å². The Bertz CT molecular complexity index is 913. The summed E-state index contributed by atoms with van der Waals surface area (Å²) in [5.41, 5.74) is -0.841. The van der Waals surface area contributed by atoms with E-state index in [9.17, 15) is 36.3 Å². The molecule has 0 saturated heterocycles. The van der Waals surface area contributed by atoms with Crippen LogP contribution in [0.25, 0.3) is 0 Å². The van der Waals surface area contributed by atoms with Crippen LogP contribution in [-0.2, 0) is 4.79 Å². The third-order valence-electron chi connectivity index (χ3n) is 3.26. The second-order valence-electron chi connectivity index (χ2n) is 4.91. The molecule has 0 saturated carbocycles. The van der Waals surface area contributed by atoms with Crippen molar-refractivity contribution in [2.45, 2.75) is 6.92 Å². The first-order valence-corrected chi connectivity index (χ1v) is 7.22. The van der Waals surface area contributed by atoms with Crippen molar-refractivity contribution in [3.05, 3.63) is 58.4 Å². The molecule has 0 aliphatic heterocycles. The van der Waals surface area contributed by atoms with Gasteiger partial charge in [0.05, 0.1) is 6.61 Å². The van der Waals surface area contributed by atoms with Crippen molar-refractivity contribution < 1.29 is 45.8 Å². The summed E-state index contributed by atoms with van der Waals surface area (Å²) in [5, 5.41) is 0. The lowest BCUT2D eigenvalue weighted by Gasteiger charge is -2.12. The molecule has 0 aliphatic rings. The van der Waals surface area contributed by atoms with Crippen LogP contribution in [0.15, 0.2) is 18.2 Å². The van der Waals surface area contributed by atoms with E-state index >= 15 is 0 Å². The molecule has 0 fully saturated rings. The molecular formula is C17H9F5O5. The van der Waals surface area contributed by atoms with Gasteiger partial charge in [-0.15, -0.1) is 0 Å². The number of hydrogen-bond donors (Lipinski definition) is 0. The molecule has 0 atom stereocenters. The SMILES string of the molecule is CCOc1ccc(C(=O)C=O)cc1C(=O)Oc1c(F)c(F)c(F)c(F)c1F. The van der Waals surface area contributed by atoms with Gasteiger partial charge >= 0.3 is 5.97 Å². The van der Waals surface area contributed by atoms with Crippen LogP contribution in [0.1, 0.15) is 27.6 Å². The van der Waals surface area contributed by atoms with E-state index in [1.54, 1.807) is 0 Å². The molecule has 0 amide bonds. The highest BCUT2D eigenvalue weighted by molar-refractivity contribution is 6.33. The summed E-state index contributed by atoms with van der Waals surface area (Å²) in [4.78, 5) is 34.2. The van der Waals surface area contributed by atoms with Crippen molar-refractivity contribution in [1.29, 1.82) is 0 Å². The van der Waals surface area contributed by atoms with Crippen molar-refractivity contribution in [2.24, 2.45) is 0 Å². The lowest BCUT2D eigenvalue weighted by Crippen LogP contribution is -2.16. The fourth-order valence-corrected chi connectivity index (χ4v) is 2.01. The zero-order valence-electron chi connectivity index (χ0n) is 13.4. The van der Waals surface area contributed by atoms with Crippen LogP contribution < -0.4 is 9.47 Å².